The third kappa shape index (κ3) is 5.47. The number of benzene rings is 2. The van der Waals surface area contributed by atoms with Crippen LogP contribution in [-0.4, -0.2) is 5.78 Å². The number of Topliss-reactive ketones (excluding diaryl/α,β-unsaturated/α-hetero) is 1. The average molecular weight is 389 g/mol. The molecule has 0 heterocycles. The molecule has 0 saturated heterocycles. The van der Waals surface area contributed by atoms with Crippen molar-refractivity contribution in [3.63, 3.8) is 0 Å². The third-order valence-corrected chi connectivity index (χ3v) is 6.46. The number of hydrogen-bond acceptors (Lipinski definition) is 1. The molecule has 1 aliphatic carbocycles. The minimum absolute atomic E-state index is 0.188. The Hall–Kier alpha value is -2.15. The normalized spacial score (nSPS) is 21.1. The van der Waals surface area contributed by atoms with Gasteiger partial charge in [0.05, 0.1) is 0 Å². The number of unbranched alkanes of at least 4 members (excludes halogenated alkanes) is 2. The highest BCUT2D eigenvalue weighted by molar-refractivity contribution is 6.02. The van der Waals surface area contributed by atoms with Gasteiger partial charge in [0.2, 0.25) is 0 Å². The van der Waals surface area contributed by atoms with Gasteiger partial charge >= 0.3 is 0 Å². The molecule has 1 heteroatoms. The number of carbonyl (C=O) groups is 1. The van der Waals surface area contributed by atoms with Crippen LogP contribution in [0.3, 0.4) is 0 Å². The summed E-state index contributed by atoms with van der Waals surface area (Å²) in [5, 5.41) is 0. The van der Waals surface area contributed by atoms with E-state index in [9.17, 15) is 4.79 Å². The molecule has 1 nitrogen and oxygen atoms in total. The van der Waals surface area contributed by atoms with E-state index in [0.717, 1.165) is 24.0 Å². The highest BCUT2D eigenvalue weighted by atomic mass is 16.1. The lowest BCUT2D eigenvalue weighted by atomic mass is 9.73. The quantitative estimate of drug-likeness (QED) is 0.350. The van der Waals surface area contributed by atoms with E-state index in [0.29, 0.717) is 17.6 Å². The molecule has 2 aromatic carbocycles. The molecule has 0 bridgehead atoms. The predicted octanol–water partition coefficient (Wildman–Crippen LogP) is 7.74. The minimum Gasteiger partial charge on any atom is -0.294 e. The van der Waals surface area contributed by atoms with E-state index in [1.54, 1.807) is 0 Å². The van der Waals surface area contributed by atoms with Gasteiger partial charge in [-0.25, -0.2) is 0 Å². The van der Waals surface area contributed by atoms with Gasteiger partial charge in [-0.3, -0.25) is 4.79 Å². The van der Waals surface area contributed by atoms with Crippen LogP contribution in [0.15, 0.2) is 54.1 Å². The first-order valence-corrected chi connectivity index (χ1v) is 11.4. The Labute approximate surface area is 177 Å². The van der Waals surface area contributed by atoms with E-state index in [4.69, 9.17) is 0 Å². The second kappa shape index (κ2) is 10.1. The Balaban J connectivity index is 1.72. The molecule has 0 aliphatic heterocycles. The summed E-state index contributed by atoms with van der Waals surface area (Å²) in [5.74, 6) is 1.33. The summed E-state index contributed by atoms with van der Waals surface area (Å²) in [6, 6.07) is 17.6. The molecule has 0 N–H and O–H groups in total. The molecule has 2 aromatic rings. The van der Waals surface area contributed by atoms with E-state index in [2.05, 4.69) is 82.3 Å². The van der Waals surface area contributed by atoms with Crippen LogP contribution in [-0.2, 0) is 11.2 Å². The molecule has 1 saturated carbocycles. The number of allylic oxidation sites excluding steroid dienone is 1. The van der Waals surface area contributed by atoms with Crippen molar-refractivity contribution in [1.29, 1.82) is 0 Å². The van der Waals surface area contributed by atoms with Gasteiger partial charge in [-0.05, 0) is 71.4 Å². The predicted molar refractivity (Wildman–Crippen MR) is 125 cm³/mol. The van der Waals surface area contributed by atoms with Crippen molar-refractivity contribution in [1.82, 2.24) is 0 Å². The van der Waals surface area contributed by atoms with Crippen molar-refractivity contribution in [3.05, 3.63) is 65.2 Å². The molecule has 154 valence electrons. The van der Waals surface area contributed by atoms with Crippen LogP contribution < -0.4 is 0 Å². The number of hydrogen-bond donors (Lipinski definition) is 0. The summed E-state index contributed by atoms with van der Waals surface area (Å²) in [6.45, 7) is 8.77. The Morgan fingerprint density at radius 2 is 1.55 bits per heavy atom. The maximum absolute atomic E-state index is 12.9. The summed E-state index contributed by atoms with van der Waals surface area (Å²) < 4.78 is 0. The SMILES string of the molecule is CCCCCc1ccc(-c2ccc(/C=C3\C(=O)C(C(C)C)CCC3C)cc2)cc1. The van der Waals surface area contributed by atoms with Gasteiger partial charge in [-0.2, -0.15) is 0 Å². The summed E-state index contributed by atoms with van der Waals surface area (Å²) >= 11 is 0. The fourth-order valence-corrected chi connectivity index (χ4v) is 4.42. The van der Waals surface area contributed by atoms with Gasteiger partial charge in [0, 0.05) is 5.92 Å². The van der Waals surface area contributed by atoms with Crippen molar-refractivity contribution >= 4 is 11.9 Å². The van der Waals surface area contributed by atoms with Crippen molar-refractivity contribution in [2.24, 2.45) is 17.8 Å². The number of aryl methyl sites for hydroxylation is 1. The lowest BCUT2D eigenvalue weighted by molar-refractivity contribution is -0.122. The molecule has 0 spiro atoms. The number of rotatable bonds is 7. The topological polar surface area (TPSA) is 17.1 Å². The summed E-state index contributed by atoms with van der Waals surface area (Å²) in [4.78, 5) is 12.9. The molecule has 2 unspecified atom stereocenters. The second-order valence-corrected chi connectivity index (χ2v) is 9.07. The van der Waals surface area contributed by atoms with Gasteiger partial charge in [-0.15, -0.1) is 0 Å². The largest absolute Gasteiger partial charge is 0.294 e. The molecule has 1 aliphatic rings. The molecule has 0 amide bonds. The van der Waals surface area contributed by atoms with Crippen molar-refractivity contribution < 1.29 is 4.79 Å². The highest BCUT2D eigenvalue weighted by Crippen LogP contribution is 2.35. The van der Waals surface area contributed by atoms with E-state index in [-0.39, 0.29) is 5.92 Å². The zero-order valence-corrected chi connectivity index (χ0v) is 18.6. The lowest BCUT2D eigenvalue weighted by Crippen LogP contribution is -2.30. The first-order valence-electron chi connectivity index (χ1n) is 11.4. The standard InChI is InChI=1S/C28H36O/c1-5-6-7-8-22-10-14-24(15-11-22)25-16-12-23(13-17-25)19-27-21(4)9-18-26(20(2)3)28(27)29/h10-17,19-21,26H,5-9,18H2,1-4H3/b27-19-. The summed E-state index contributed by atoms with van der Waals surface area (Å²) in [7, 11) is 0. The summed E-state index contributed by atoms with van der Waals surface area (Å²) in [6.07, 6.45) is 9.28. The van der Waals surface area contributed by atoms with E-state index < -0.39 is 0 Å². The zero-order valence-electron chi connectivity index (χ0n) is 18.6. The first-order chi connectivity index (χ1) is 14.0. The third-order valence-electron chi connectivity index (χ3n) is 6.46. The monoisotopic (exact) mass is 388 g/mol. The zero-order chi connectivity index (χ0) is 20.8. The molecule has 0 radical (unpaired) electrons. The molecule has 1 fully saturated rings. The maximum Gasteiger partial charge on any atom is 0.162 e. The average Bonchev–Trinajstić information content (AvgIpc) is 2.72. The fourth-order valence-electron chi connectivity index (χ4n) is 4.42. The fraction of sp³-hybridized carbons (Fsp3) is 0.464. The molecular weight excluding hydrogens is 352 g/mol. The van der Waals surface area contributed by atoms with Crippen molar-refractivity contribution in [2.75, 3.05) is 0 Å². The molecule has 0 aromatic heterocycles. The van der Waals surface area contributed by atoms with Crippen LogP contribution in [0.25, 0.3) is 17.2 Å². The Kier molecular flexibility index (Phi) is 7.47. The van der Waals surface area contributed by atoms with E-state index in [1.165, 1.54) is 42.4 Å². The van der Waals surface area contributed by atoms with Crippen LogP contribution in [0.1, 0.15) is 70.9 Å². The number of carbonyl (C=O) groups excluding carboxylic acids is 1. The van der Waals surface area contributed by atoms with Crippen LogP contribution >= 0.6 is 0 Å². The van der Waals surface area contributed by atoms with Gasteiger partial charge in [-0.1, -0.05) is 89.1 Å². The van der Waals surface area contributed by atoms with Crippen LogP contribution in [0, 0.1) is 17.8 Å². The van der Waals surface area contributed by atoms with E-state index >= 15 is 0 Å². The van der Waals surface area contributed by atoms with Gasteiger partial charge in [0.25, 0.3) is 0 Å². The lowest BCUT2D eigenvalue weighted by Gasteiger charge is -2.30. The highest BCUT2D eigenvalue weighted by Gasteiger charge is 2.32. The van der Waals surface area contributed by atoms with Gasteiger partial charge < -0.3 is 0 Å². The van der Waals surface area contributed by atoms with Gasteiger partial charge in [0.15, 0.2) is 5.78 Å². The molecule has 2 atom stereocenters. The molecule has 3 rings (SSSR count). The van der Waals surface area contributed by atoms with Crippen molar-refractivity contribution in [3.8, 4) is 11.1 Å². The first kappa shape index (κ1) is 21.6. The molecular formula is C28H36O. The smallest absolute Gasteiger partial charge is 0.162 e. The Morgan fingerprint density at radius 3 is 2.14 bits per heavy atom. The van der Waals surface area contributed by atoms with Gasteiger partial charge in [0.1, 0.15) is 0 Å². The molecule has 29 heavy (non-hydrogen) atoms. The summed E-state index contributed by atoms with van der Waals surface area (Å²) in [5.41, 5.74) is 6.05. The second-order valence-electron chi connectivity index (χ2n) is 9.07. The van der Waals surface area contributed by atoms with Crippen LogP contribution in [0.4, 0.5) is 0 Å². The minimum atomic E-state index is 0.188. The van der Waals surface area contributed by atoms with Crippen molar-refractivity contribution in [2.45, 2.75) is 66.2 Å². The number of ketones is 1. The van der Waals surface area contributed by atoms with E-state index in [1.807, 2.05) is 0 Å². The van der Waals surface area contributed by atoms with Crippen LogP contribution in [0.2, 0.25) is 0 Å². The maximum atomic E-state index is 12.9. The Morgan fingerprint density at radius 1 is 0.931 bits per heavy atom. The Bertz CT molecular complexity index is 824. The van der Waals surface area contributed by atoms with Crippen LogP contribution in [0.5, 0.6) is 0 Å².